The molecule has 20 heavy (non-hydrogen) atoms. The first-order valence-electron chi connectivity index (χ1n) is 7.76. The molecule has 5 heteroatoms. The summed E-state index contributed by atoms with van der Waals surface area (Å²) in [6, 6.07) is 0.703. The molecule has 0 spiro atoms. The number of nitrogens with one attached hydrogen (secondary N) is 1. The van der Waals surface area contributed by atoms with Crippen LogP contribution in [0.4, 0.5) is 5.82 Å². The van der Waals surface area contributed by atoms with E-state index in [0.717, 1.165) is 44.2 Å². The molecular formula is C15H24N4O. The molecule has 1 aliphatic carbocycles. The summed E-state index contributed by atoms with van der Waals surface area (Å²) < 4.78 is 5.72. The zero-order chi connectivity index (χ0) is 13.8. The van der Waals surface area contributed by atoms with E-state index in [2.05, 4.69) is 22.1 Å². The molecule has 1 aromatic rings. The van der Waals surface area contributed by atoms with E-state index in [1.165, 1.54) is 19.3 Å². The molecule has 2 heterocycles. The zero-order valence-electron chi connectivity index (χ0n) is 12.2. The van der Waals surface area contributed by atoms with Gasteiger partial charge in [-0.15, -0.1) is 0 Å². The van der Waals surface area contributed by atoms with Crippen LogP contribution in [0.15, 0.2) is 12.4 Å². The lowest BCUT2D eigenvalue weighted by molar-refractivity contribution is 0.115. The second kappa shape index (κ2) is 6.50. The molecule has 110 valence electrons. The molecule has 2 fully saturated rings. The summed E-state index contributed by atoms with van der Waals surface area (Å²) in [5.74, 6) is 0.970. The summed E-state index contributed by atoms with van der Waals surface area (Å²) >= 11 is 0. The van der Waals surface area contributed by atoms with Crippen molar-refractivity contribution in [3.05, 3.63) is 18.1 Å². The number of hydrogen-bond donors (Lipinski definition) is 1. The van der Waals surface area contributed by atoms with Gasteiger partial charge in [-0.25, -0.2) is 4.98 Å². The highest BCUT2D eigenvalue weighted by Crippen LogP contribution is 2.20. The third-order valence-corrected chi connectivity index (χ3v) is 3.97. The molecule has 5 nitrogen and oxygen atoms in total. The average Bonchev–Trinajstić information content (AvgIpc) is 3.18. The third kappa shape index (κ3) is 3.67. The van der Waals surface area contributed by atoms with Crippen LogP contribution in [0.25, 0.3) is 0 Å². The van der Waals surface area contributed by atoms with Crippen molar-refractivity contribution in [3.63, 3.8) is 0 Å². The fraction of sp³-hybridized carbons (Fsp3) is 0.733. The van der Waals surface area contributed by atoms with Crippen molar-refractivity contribution in [3.8, 4) is 0 Å². The molecule has 2 aliphatic rings. The van der Waals surface area contributed by atoms with E-state index in [4.69, 9.17) is 9.72 Å². The van der Waals surface area contributed by atoms with Crippen LogP contribution in [0.5, 0.6) is 0 Å². The van der Waals surface area contributed by atoms with Gasteiger partial charge in [-0.2, -0.15) is 0 Å². The Bertz CT molecular complexity index is 430. The molecule has 1 aliphatic heterocycles. The maximum absolute atomic E-state index is 5.72. The number of likely N-dealkylation sites (N-methyl/N-ethyl adjacent to an activating group) is 1. The Kier molecular flexibility index (Phi) is 4.47. The molecule has 1 aromatic heterocycles. The smallest absolute Gasteiger partial charge is 0.147 e. The van der Waals surface area contributed by atoms with Crippen LogP contribution in [0, 0.1) is 0 Å². The monoisotopic (exact) mass is 276 g/mol. The number of ether oxygens (including phenoxy) is 1. The molecule has 0 amide bonds. The second-order valence-electron chi connectivity index (χ2n) is 5.70. The highest BCUT2D eigenvalue weighted by Gasteiger charge is 2.21. The second-order valence-corrected chi connectivity index (χ2v) is 5.70. The first kappa shape index (κ1) is 13.8. The Morgan fingerprint density at radius 3 is 2.95 bits per heavy atom. The lowest BCUT2D eigenvalue weighted by Gasteiger charge is -2.25. The number of nitrogens with zero attached hydrogens (tertiary/aromatic N) is 3. The van der Waals surface area contributed by atoms with Crippen LogP contribution in [0.3, 0.4) is 0 Å². The summed E-state index contributed by atoms with van der Waals surface area (Å²) in [4.78, 5) is 11.3. The highest BCUT2D eigenvalue weighted by atomic mass is 16.5. The van der Waals surface area contributed by atoms with E-state index in [1.54, 1.807) is 0 Å². The van der Waals surface area contributed by atoms with E-state index in [9.17, 15) is 0 Å². The van der Waals surface area contributed by atoms with Crippen molar-refractivity contribution in [1.82, 2.24) is 15.3 Å². The van der Waals surface area contributed by atoms with Crippen molar-refractivity contribution < 1.29 is 4.74 Å². The standard InChI is InChI=1S/C15H24N4O/c1-2-19(11-14-4-3-7-20-14)15-10-16-8-13(18-15)9-17-12-5-6-12/h8,10,12,14,17H,2-7,9,11H2,1H3. The number of anilines is 1. The Hall–Kier alpha value is -1.20. The van der Waals surface area contributed by atoms with Crippen LogP contribution >= 0.6 is 0 Å². The molecule has 1 unspecified atom stereocenters. The predicted molar refractivity (Wildman–Crippen MR) is 78.8 cm³/mol. The largest absolute Gasteiger partial charge is 0.376 e. The maximum Gasteiger partial charge on any atom is 0.147 e. The van der Waals surface area contributed by atoms with Gasteiger partial charge in [-0.05, 0) is 32.6 Å². The SMILES string of the molecule is CCN(CC1CCCO1)c1cncc(CNC2CC2)n1. The van der Waals surface area contributed by atoms with E-state index in [-0.39, 0.29) is 0 Å². The van der Waals surface area contributed by atoms with Gasteiger partial charge < -0.3 is 15.0 Å². The Morgan fingerprint density at radius 2 is 2.25 bits per heavy atom. The summed E-state index contributed by atoms with van der Waals surface area (Å²) in [6.07, 6.45) is 9.01. The summed E-state index contributed by atoms with van der Waals surface area (Å²) in [5.41, 5.74) is 1.03. The van der Waals surface area contributed by atoms with E-state index >= 15 is 0 Å². The summed E-state index contributed by atoms with van der Waals surface area (Å²) in [6.45, 7) is 5.74. The predicted octanol–water partition coefficient (Wildman–Crippen LogP) is 1.73. The van der Waals surface area contributed by atoms with Crippen LogP contribution in [0.2, 0.25) is 0 Å². The minimum absolute atomic E-state index is 0.352. The lowest BCUT2D eigenvalue weighted by Crippen LogP contribution is -2.33. The van der Waals surface area contributed by atoms with Crippen LogP contribution in [0.1, 0.15) is 38.3 Å². The average molecular weight is 276 g/mol. The fourth-order valence-electron chi connectivity index (χ4n) is 2.59. The van der Waals surface area contributed by atoms with Gasteiger partial charge in [0.15, 0.2) is 0 Å². The van der Waals surface area contributed by atoms with Gasteiger partial charge in [0.05, 0.1) is 18.0 Å². The van der Waals surface area contributed by atoms with E-state index < -0.39 is 0 Å². The lowest BCUT2D eigenvalue weighted by atomic mass is 10.2. The van der Waals surface area contributed by atoms with Crippen LogP contribution in [-0.4, -0.2) is 41.8 Å². The van der Waals surface area contributed by atoms with Crippen molar-refractivity contribution >= 4 is 5.82 Å². The first-order chi connectivity index (χ1) is 9.85. The summed E-state index contributed by atoms with van der Waals surface area (Å²) in [5, 5.41) is 3.48. The van der Waals surface area contributed by atoms with Gasteiger partial charge in [-0.3, -0.25) is 4.98 Å². The van der Waals surface area contributed by atoms with E-state index in [1.807, 2.05) is 12.4 Å². The topological polar surface area (TPSA) is 50.3 Å². The van der Waals surface area contributed by atoms with Gasteiger partial charge in [0.2, 0.25) is 0 Å². The summed E-state index contributed by atoms with van der Waals surface area (Å²) in [7, 11) is 0. The molecule has 0 radical (unpaired) electrons. The molecule has 0 aromatic carbocycles. The Labute approximate surface area is 120 Å². The van der Waals surface area contributed by atoms with Crippen molar-refractivity contribution in [2.24, 2.45) is 0 Å². The van der Waals surface area contributed by atoms with E-state index in [0.29, 0.717) is 12.1 Å². The van der Waals surface area contributed by atoms with Crippen LogP contribution in [-0.2, 0) is 11.3 Å². The number of aromatic nitrogens is 2. The first-order valence-corrected chi connectivity index (χ1v) is 7.76. The van der Waals surface area contributed by atoms with Crippen molar-refractivity contribution in [1.29, 1.82) is 0 Å². The molecule has 1 saturated heterocycles. The van der Waals surface area contributed by atoms with Crippen molar-refractivity contribution in [2.75, 3.05) is 24.6 Å². The molecule has 1 atom stereocenters. The minimum Gasteiger partial charge on any atom is -0.376 e. The molecule has 0 bridgehead atoms. The number of hydrogen-bond acceptors (Lipinski definition) is 5. The molecule has 1 saturated carbocycles. The minimum atomic E-state index is 0.352. The van der Waals surface area contributed by atoms with Gasteiger partial charge in [0.1, 0.15) is 5.82 Å². The van der Waals surface area contributed by atoms with Gasteiger partial charge >= 0.3 is 0 Å². The van der Waals surface area contributed by atoms with Crippen LogP contribution < -0.4 is 10.2 Å². The maximum atomic E-state index is 5.72. The number of rotatable bonds is 7. The van der Waals surface area contributed by atoms with Gasteiger partial charge in [0, 0.05) is 38.5 Å². The molecule has 1 N–H and O–H groups in total. The quantitative estimate of drug-likeness (QED) is 0.822. The molecular weight excluding hydrogens is 252 g/mol. The Morgan fingerprint density at radius 1 is 1.35 bits per heavy atom. The van der Waals surface area contributed by atoms with Gasteiger partial charge in [-0.1, -0.05) is 0 Å². The fourth-order valence-corrected chi connectivity index (χ4v) is 2.59. The molecule has 3 rings (SSSR count). The van der Waals surface area contributed by atoms with Crippen molar-refractivity contribution in [2.45, 2.75) is 51.3 Å². The Balaban J connectivity index is 1.61. The highest BCUT2D eigenvalue weighted by molar-refractivity contribution is 5.36. The third-order valence-electron chi connectivity index (χ3n) is 3.97. The zero-order valence-corrected chi connectivity index (χ0v) is 12.2. The van der Waals surface area contributed by atoms with Gasteiger partial charge in [0.25, 0.3) is 0 Å². The normalized spacial score (nSPS) is 22.1.